The number of rotatable bonds is 4. The molecule has 1 aliphatic rings. The van der Waals surface area contributed by atoms with Crippen molar-refractivity contribution in [2.75, 3.05) is 11.4 Å². The zero-order valence-electron chi connectivity index (χ0n) is 11.2. The third-order valence-corrected chi connectivity index (χ3v) is 4.19. The van der Waals surface area contributed by atoms with Gasteiger partial charge in [0.15, 0.2) is 11.0 Å². The fraction of sp³-hybridized carbons (Fsp3) is 0.583. The molecule has 6 nitrogen and oxygen atoms in total. The van der Waals surface area contributed by atoms with Crippen LogP contribution in [0.15, 0.2) is 12.5 Å². The molecule has 1 aliphatic heterocycles. The van der Waals surface area contributed by atoms with Crippen molar-refractivity contribution in [3.63, 3.8) is 0 Å². The van der Waals surface area contributed by atoms with E-state index >= 15 is 0 Å². The van der Waals surface area contributed by atoms with Gasteiger partial charge in [0.2, 0.25) is 0 Å². The average molecular weight is 278 g/mol. The minimum absolute atomic E-state index is 0.499. The van der Waals surface area contributed by atoms with Crippen LogP contribution in [0.25, 0.3) is 0 Å². The smallest absolute Gasteiger partial charge is 0.186 e. The lowest BCUT2D eigenvalue weighted by Crippen LogP contribution is -2.33. The van der Waals surface area contributed by atoms with Gasteiger partial charge in [-0.15, -0.1) is 21.5 Å². The zero-order valence-corrected chi connectivity index (χ0v) is 12.0. The summed E-state index contributed by atoms with van der Waals surface area (Å²) in [7, 11) is 0. The number of hydrogen-bond acceptors (Lipinski definition) is 6. The van der Waals surface area contributed by atoms with Gasteiger partial charge in [-0.05, 0) is 0 Å². The van der Waals surface area contributed by atoms with Crippen molar-refractivity contribution in [1.29, 1.82) is 0 Å². The van der Waals surface area contributed by atoms with Crippen molar-refractivity contribution < 1.29 is 0 Å². The second-order valence-corrected chi connectivity index (χ2v) is 6.10. The average Bonchev–Trinajstić information content (AvgIpc) is 3.04. The largest absolute Gasteiger partial charge is 0.339 e. The molecule has 19 heavy (non-hydrogen) atoms. The molecule has 0 aliphatic carbocycles. The fourth-order valence-corrected chi connectivity index (χ4v) is 2.95. The third kappa shape index (κ3) is 2.76. The Bertz CT molecular complexity index is 546. The lowest BCUT2D eigenvalue weighted by Gasteiger charge is -2.26. The van der Waals surface area contributed by atoms with Gasteiger partial charge in [0.25, 0.3) is 0 Å². The molecule has 0 bridgehead atoms. The van der Waals surface area contributed by atoms with Gasteiger partial charge in [-0.1, -0.05) is 13.8 Å². The number of hydrogen-bond donors (Lipinski definition) is 1. The summed E-state index contributed by atoms with van der Waals surface area (Å²) < 4.78 is 2.10. The highest BCUT2D eigenvalue weighted by Gasteiger charge is 2.19. The van der Waals surface area contributed by atoms with E-state index in [1.807, 2.05) is 6.20 Å². The highest BCUT2D eigenvalue weighted by Crippen LogP contribution is 2.25. The van der Waals surface area contributed by atoms with Crippen LogP contribution in [0.2, 0.25) is 0 Å². The van der Waals surface area contributed by atoms with E-state index in [1.54, 1.807) is 17.7 Å². The van der Waals surface area contributed by atoms with E-state index in [0.717, 1.165) is 37.1 Å². The maximum absolute atomic E-state index is 4.52. The molecule has 0 atom stereocenters. The molecule has 0 fully saturated rings. The number of anilines is 1. The van der Waals surface area contributed by atoms with Gasteiger partial charge in [0.1, 0.15) is 6.33 Å². The SMILES string of the molecule is CC(C)NCc1cnc(N2CCn3cnnc3C2)s1. The molecule has 1 N–H and O–H groups in total. The predicted molar refractivity (Wildman–Crippen MR) is 75.2 cm³/mol. The summed E-state index contributed by atoms with van der Waals surface area (Å²) in [5.41, 5.74) is 0. The van der Waals surface area contributed by atoms with Crippen molar-refractivity contribution in [1.82, 2.24) is 25.1 Å². The Morgan fingerprint density at radius 2 is 2.32 bits per heavy atom. The Hall–Kier alpha value is -1.47. The van der Waals surface area contributed by atoms with Crippen LogP contribution in [0.3, 0.4) is 0 Å². The maximum Gasteiger partial charge on any atom is 0.186 e. The van der Waals surface area contributed by atoms with Gasteiger partial charge in [-0.3, -0.25) is 0 Å². The van der Waals surface area contributed by atoms with E-state index < -0.39 is 0 Å². The third-order valence-electron chi connectivity index (χ3n) is 3.14. The Labute approximate surface area is 116 Å². The first kappa shape index (κ1) is 12.6. The number of aromatic nitrogens is 4. The van der Waals surface area contributed by atoms with Crippen LogP contribution in [0, 0.1) is 0 Å². The molecule has 3 rings (SSSR count). The van der Waals surface area contributed by atoms with Crippen molar-refractivity contribution in [2.24, 2.45) is 0 Å². The van der Waals surface area contributed by atoms with Crippen LogP contribution in [0.1, 0.15) is 24.5 Å². The molecule has 0 amide bonds. The molecule has 2 aromatic heterocycles. The zero-order chi connectivity index (χ0) is 13.2. The van der Waals surface area contributed by atoms with Crippen LogP contribution in [0.4, 0.5) is 5.13 Å². The van der Waals surface area contributed by atoms with E-state index in [-0.39, 0.29) is 0 Å². The van der Waals surface area contributed by atoms with Crippen molar-refractivity contribution >= 4 is 16.5 Å². The monoisotopic (exact) mass is 278 g/mol. The van der Waals surface area contributed by atoms with Crippen molar-refractivity contribution in [3.8, 4) is 0 Å². The molecule has 7 heteroatoms. The summed E-state index contributed by atoms with van der Waals surface area (Å²) in [6.07, 6.45) is 3.77. The molecule has 0 saturated heterocycles. The lowest BCUT2D eigenvalue weighted by atomic mass is 10.4. The summed E-state index contributed by atoms with van der Waals surface area (Å²) in [5.74, 6) is 1.02. The van der Waals surface area contributed by atoms with Crippen LogP contribution >= 0.6 is 11.3 Å². The van der Waals surface area contributed by atoms with Gasteiger partial charge >= 0.3 is 0 Å². The van der Waals surface area contributed by atoms with E-state index in [9.17, 15) is 0 Å². The number of nitrogens with zero attached hydrogens (tertiary/aromatic N) is 5. The summed E-state index contributed by atoms with van der Waals surface area (Å²) >= 11 is 1.75. The quantitative estimate of drug-likeness (QED) is 0.912. The molecule has 2 aromatic rings. The maximum atomic E-state index is 4.52. The van der Waals surface area contributed by atoms with Crippen LogP contribution in [-0.4, -0.2) is 32.3 Å². The molecule has 102 valence electrons. The topological polar surface area (TPSA) is 58.9 Å². The van der Waals surface area contributed by atoms with E-state index in [2.05, 4.69) is 43.8 Å². The summed E-state index contributed by atoms with van der Waals surface area (Å²) in [5, 5.41) is 12.6. The van der Waals surface area contributed by atoms with Gasteiger partial charge in [-0.25, -0.2) is 4.98 Å². The van der Waals surface area contributed by atoms with Crippen LogP contribution in [-0.2, 0) is 19.6 Å². The Balaban J connectivity index is 1.67. The Morgan fingerprint density at radius 3 is 3.16 bits per heavy atom. The fourth-order valence-electron chi connectivity index (χ4n) is 2.06. The molecule has 0 radical (unpaired) electrons. The molecule has 0 spiro atoms. The van der Waals surface area contributed by atoms with Crippen molar-refractivity contribution in [2.45, 2.75) is 39.5 Å². The molecule has 0 aromatic carbocycles. The molecule has 3 heterocycles. The molecule has 0 unspecified atom stereocenters. The Kier molecular flexibility index (Phi) is 3.48. The Morgan fingerprint density at radius 1 is 1.42 bits per heavy atom. The minimum Gasteiger partial charge on any atom is -0.339 e. The standard InChI is InChI=1S/C12H18N6S/c1-9(2)13-5-10-6-14-12(19-10)17-3-4-18-8-15-16-11(18)7-17/h6,8-9,13H,3-5,7H2,1-2H3. The highest BCUT2D eigenvalue weighted by atomic mass is 32.1. The first-order valence-corrected chi connectivity index (χ1v) is 7.34. The first-order valence-electron chi connectivity index (χ1n) is 6.52. The lowest BCUT2D eigenvalue weighted by molar-refractivity contribution is 0.559. The van der Waals surface area contributed by atoms with Gasteiger partial charge in [-0.2, -0.15) is 0 Å². The van der Waals surface area contributed by atoms with Crippen molar-refractivity contribution in [3.05, 3.63) is 23.2 Å². The first-order chi connectivity index (χ1) is 9.22. The van der Waals surface area contributed by atoms with Crippen LogP contribution in [0.5, 0.6) is 0 Å². The van der Waals surface area contributed by atoms with E-state index in [1.165, 1.54) is 4.88 Å². The van der Waals surface area contributed by atoms with E-state index in [0.29, 0.717) is 6.04 Å². The van der Waals surface area contributed by atoms with Gasteiger partial charge in [0.05, 0.1) is 6.54 Å². The minimum atomic E-state index is 0.499. The van der Waals surface area contributed by atoms with Gasteiger partial charge < -0.3 is 14.8 Å². The molecule has 0 saturated carbocycles. The number of nitrogens with one attached hydrogen (secondary N) is 1. The second kappa shape index (κ2) is 5.26. The summed E-state index contributed by atoms with van der Waals surface area (Å²) in [6, 6.07) is 0.499. The second-order valence-electron chi connectivity index (χ2n) is 5.01. The van der Waals surface area contributed by atoms with Gasteiger partial charge in [0, 0.05) is 36.8 Å². The normalized spacial score (nSPS) is 15.0. The summed E-state index contributed by atoms with van der Waals surface area (Å²) in [6.45, 7) is 7.89. The molecular formula is C12H18N6S. The van der Waals surface area contributed by atoms with Crippen LogP contribution < -0.4 is 10.2 Å². The number of thiazole rings is 1. The van der Waals surface area contributed by atoms with E-state index in [4.69, 9.17) is 0 Å². The molecular weight excluding hydrogens is 260 g/mol. The summed E-state index contributed by atoms with van der Waals surface area (Å²) in [4.78, 5) is 8.07. The highest BCUT2D eigenvalue weighted by molar-refractivity contribution is 7.15. The number of fused-ring (bicyclic) bond motifs is 1. The predicted octanol–water partition coefficient (Wildman–Crippen LogP) is 1.25.